The van der Waals surface area contributed by atoms with E-state index in [1.54, 1.807) is 6.07 Å². The summed E-state index contributed by atoms with van der Waals surface area (Å²) in [4.78, 5) is 13.9. The fourth-order valence-corrected chi connectivity index (χ4v) is 3.65. The Bertz CT molecular complexity index is 847. The Labute approximate surface area is 145 Å². The number of carbonyl (C=O) groups excluding carboxylic acids is 1. The second kappa shape index (κ2) is 5.69. The van der Waals surface area contributed by atoms with Crippen LogP contribution < -0.4 is 0 Å². The number of benzene rings is 1. The van der Waals surface area contributed by atoms with Crippen molar-refractivity contribution in [1.82, 2.24) is 4.90 Å². The number of alkyl halides is 5. The van der Waals surface area contributed by atoms with E-state index in [0.29, 0.717) is 17.4 Å². The number of halogens is 5. The molecule has 1 saturated heterocycles. The van der Waals surface area contributed by atoms with Crippen LogP contribution in [-0.2, 0) is 11.0 Å². The van der Waals surface area contributed by atoms with Crippen LogP contribution in [-0.4, -0.2) is 29.8 Å². The second-order valence-corrected chi connectivity index (χ2v) is 7.04. The summed E-state index contributed by atoms with van der Waals surface area (Å²) in [6, 6.07) is 4.10. The summed E-state index contributed by atoms with van der Waals surface area (Å²) in [7, 11) is 0. The van der Waals surface area contributed by atoms with Crippen LogP contribution in [0.3, 0.4) is 0 Å². The molecule has 1 aliphatic heterocycles. The van der Waals surface area contributed by atoms with Crippen molar-refractivity contribution in [2.45, 2.75) is 37.3 Å². The smallest absolute Gasteiger partial charge is 0.420 e. The molecule has 0 bridgehead atoms. The summed E-state index contributed by atoms with van der Waals surface area (Å²) < 4.78 is 71.2. The number of hydrogen-bond acceptors (Lipinski definition) is 2. The van der Waals surface area contributed by atoms with E-state index < -0.39 is 23.6 Å². The molecule has 4 rings (SSSR count). The van der Waals surface area contributed by atoms with Crippen LogP contribution in [0.5, 0.6) is 0 Å². The standard InChI is InChI=1S/C18H16F5NO2/c19-17(20)2-4-24(5-3-17)16(25)13-9-12(13)11-7-10-1-6-26-15(10)14(8-11)18(21,22)23/h1,6-8,12-13H,2-5,9H2. The molecule has 1 saturated carbocycles. The van der Waals surface area contributed by atoms with E-state index in [1.165, 1.54) is 17.2 Å². The molecule has 2 atom stereocenters. The molecule has 1 aromatic carbocycles. The van der Waals surface area contributed by atoms with E-state index in [0.717, 1.165) is 6.07 Å². The van der Waals surface area contributed by atoms with E-state index in [2.05, 4.69) is 0 Å². The number of fused-ring (bicyclic) bond motifs is 1. The van der Waals surface area contributed by atoms with Gasteiger partial charge in [0.05, 0.1) is 11.8 Å². The number of amides is 1. The Morgan fingerprint density at radius 1 is 1.19 bits per heavy atom. The molecular weight excluding hydrogens is 357 g/mol. The highest BCUT2D eigenvalue weighted by Gasteiger charge is 2.48. The van der Waals surface area contributed by atoms with Gasteiger partial charge in [0.1, 0.15) is 5.58 Å². The van der Waals surface area contributed by atoms with Crippen molar-refractivity contribution in [3.63, 3.8) is 0 Å². The van der Waals surface area contributed by atoms with Gasteiger partial charge >= 0.3 is 6.18 Å². The molecule has 1 aromatic heterocycles. The molecule has 2 heterocycles. The van der Waals surface area contributed by atoms with Gasteiger partial charge in [-0.05, 0) is 36.1 Å². The first-order valence-electron chi connectivity index (χ1n) is 8.41. The summed E-state index contributed by atoms with van der Waals surface area (Å²) in [6.45, 7) is -0.0206. The van der Waals surface area contributed by atoms with Gasteiger partial charge in [0, 0.05) is 37.2 Å². The van der Waals surface area contributed by atoms with E-state index in [-0.39, 0.29) is 43.3 Å². The molecule has 26 heavy (non-hydrogen) atoms. The highest BCUT2D eigenvalue weighted by Crippen LogP contribution is 2.51. The van der Waals surface area contributed by atoms with E-state index in [1.807, 2.05) is 0 Å². The monoisotopic (exact) mass is 373 g/mol. The Morgan fingerprint density at radius 3 is 2.54 bits per heavy atom. The average Bonchev–Trinajstić information content (AvgIpc) is 3.22. The van der Waals surface area contributed by atoms with Crippen molar-refractivity contribution in [1.29, 1.82) is 0 Å². The number of likely N-dealkylation sites (tertiary alicyclic amines) is 1. The van der Waals surface area contributed by atoms with Crippen LogP contribution >= 0.6 is 0 Å². The molecule has 0 N–H and O–H groups in total. The maximum Gasteiger partial charge on any atom is 0.420 e. The first-order valence-corrected chi connectivity index (χ1v) is 8.41. The second-order valence-electron chi connectivity index (χ2n) is 7.04. The molecular formula is C18H16F5NO2. The summed E-state index contributed by atoms with van der Waals surface area (Å²) in [6.07, 6.45) is -3.65. The predicted molar refractivity (Wildman–Crippen MR) is 82.8 cm³/mol. The van der Waals surface area contributed by atoms with Crippen LogP contribution in [0.1, 0.15) is 36.3 Å². The summed E-state index contributed by atoms with van der Waals surface area (Å²) in [5, 5.41) is 0.338. The lowest BCUT2D eigenvalue weighted by atomic mass is 10.0. The SMILES string of the molecule is O=C(C1CC1c1cc(C(F)(F)F)c2occc2c1)N1CCC(F)(F)CC1. The van der Waals surface area contributed by atoms with Gasteiger partial charge < -0.3 is 9.32 Å². The van der Waals surface area contributed by atoms with Crippen molar-refractivity contribution in [2.75, 3.05) is 13.1 Å². The zero-order valence-corrected chi connectivity index (χ0v) is 13.7. The predicted octanol–water partition coefficient (Wildman–Crippen LogP) is 4.81. The minimum absolute atomic E-state index is 0.0103. The van der Waals surface area contributed by atoms with E-state index in [9.17, 15) is 26.7 Å². The minimum atomic E-state index is -4.56. The highest BCUT2D eigenvalue weighted by molar-refractivity contribution is 5.85. The van der Waals surface area contributed by atoms with Crippen molar-refractivity contribution in [3.8, 4) is 0 Å². The Kier molecular flexibility index (Phi) is 3.79. The molecule has 3 nitrogen and oxygen atoms in total. The molecule has 8 heteroatoms. The Morgan fingerprint density at radius 2 is 1.88 bits per heavy atom. The lowest BCUT2D eigenvalue weighted by Gasteiger charge is -2.32. The zero-order chi connectivity index (χ0) is 18.7. The van der Waals surface area contributed by atoms with Gasteiger partial charge in [-0.2, -0.15) is 13.2 Å². The molecule has 1 amide bonds. The van der Waals surface area contributed by atoms with Crippen LogP contribution in [0, 0.1) is 5.92 Å². The van der Waals surface area contributed by atoms with Crippen LogP contribution in [0.4, 0.5) is 22.0 Å². The fraction of sp³-hybridized carbons (Fsp3) is 0.500. The molecule has 0 radical (unpaired) electrons. The number of carbonyl (C=O) groups is 1. The number of furan rings is 1. The van der Waals surface area contributed by atoms with Crippen LogP contribution in [0.25, 0.3) is 11.0 Å². The van der Waals surface area contributed by atoms with E-state index in [4.69, 9.17) is 4.42 Å². The Balaban J connectivity index is 1.54. The minimum Gasteiger partial charge on any atom is -0.464 e. The molecule has 0 spiro atoms. The molecule has 2 aromatic rings. The van der Waals surface area contributed by atoms with Gasteiger partial charge in [-0.25, -0.2) is 8.78 Å². The van der Waals surface area contributed by atoms with Crippen molar-refractivity contribution < 1.29 is 31.2 Å². The normalized spacial score (nSPS) is 25.5. The van der Waals surface area contributed by atoms with E-state index >= 15 is 0 Å². The largest absolute Gasteiger partial charge is 0.464 e. The molecule has 140 valence electrons. The maximum absolute atomic E-state index is 13.3. The summed E-state index contributed by atoms with van der Waals surface area (Å²) >= 11 is 0. The van der Waals surface area contributed by atoms with Crippen LogP contribution in [0.2, 0.25) is 0 Å². The summed E-state index contributed by atoms with van der Waals surface area (Å²) in [5.74, 6) is -3.74. The van der Waals surface area contributed by atoms with Crippen LogP contribution in [0.15, 0.2) is 28.9 Å². The third-order valence-corrected chi connectivity index (χ3v) is 5.22. The van der Waals surface area contributed by atoms with Crippen molar-refractivity contribution in [3.05, 3.63) is 35.6 Å². The molecule has 2 unspecified atom stereocenters. The van der Waals surface area contributed by atoms with Gasteiger partial charge in [0.15, 0.2) is 0 Å². The van der Waals surface area contributed by atoms with Crippen molar-refractivity contribution in [2.24, 2.45) is 5.92 Å². The number of hydrogen-bond donors (Lipinski definition) is 0. The highest BCUT2D eigenvalue weighted by atomic mass is 19.4. The van der Waals surface area contributed by atoms with Gasteiger partial charge in [-0.3, -0.25) is 4.79 Å². The lowest BCUT2D eigenvalue weighted by Crippen LogP contribution is -2.43. The van der Waals surface area contributed by atoms with Gasteiger partial charge in [-0.15, -0.1) is 0 Å². The third-order valence-electron chi connectivity index (χ3n) is 5.22. The maximum atomic E-state index is 13.3. The molecule has 1 aliphatic carbocycles. The number of piperidine rings is 1. The van der Waals surface area contributed by atoms with Crippen molar-refractivity contribution >= 4 is 16.9 Å². The number of rotatable bonds is 2. The van der Waals surface area contributed by atoms with Gasteiger partial charge in [0.2, 0.25) is 5.91 Å². The lowest BCUT2D eigenvalue weighted by molar-refractivity contribution is -0.138. The zero-order valence-electron chi connectivity index (χ0n) is 13.7. The van der Waals surface area contributed by atoms with Gasteiger partial charge in [0.25, 0.3) is 5.92 Å². The molecule has 2 aliphatic rings. The molecule has 2 fully saturated rings. The average molecular weight is 373 g/mol. The Hall–Kier alpha value is -2.12. The quantitative estimate of drug-likeness (QED) is 0.708. The van der Waals surface area contributed by atoms with Gasteiger partial charge in [-0.1, -0.05) is 0 Å². The first kappa shape index (κ1) is 17.3. The fourth-order valence-electron chi connectivity index (χ4n) is 3.65. The summed E-state index contributed by atoms with van der Waals surface area (Å²) in [5.41, 5.74) is -0.638. The number of nitrogens with zero attached hydrogens (tertiary/aromatic N) is 1. The topological polar surface area (TPSA) is 33.5 Å². The third kappa shape index (κ3) is 3.05. The first-order chi connectivity index (χ1) is 12.2.